The minimum absolute atomic E-state index is 0.253. The number of hydrogen-bond donors (Lipinski definition) is 3. The SMILES string of the molecule is COC(=O)Nc1ccc(-c2nc([C@@H]3CCc4cc(-c5cc(Cl)ccc5NC(=O)O)cc(=O)n43)oc2C)cc1. The molecule has 5 rings (SSSR count). The molecule has 194 valence electrons. The Balaban J connectivity index is 1.46. The summed E-state index contributed by atoms with van der Waals surface area (Å²) in [5.41, 5.74) is 3.98. The number of rotatable bonds is 5. The second kappa shape index (κ2) is 10.1. The van der Waals surface area contributed by atoms with Crippen LogP contribution in [0, 0.1) is 6.92 Å². The lowest BCUT2D eigenvalue weighted by Gasteiger charge is -2.14. The Morgan fingerprint density at radius 3 is 2.58 bits per heavy atom. The standard InChI is InChI=1S/C27H23ClN4O6/c1-14-24(15-3-6-18(7-4-15)29-27(36)37-2)31-25(38-14)22-10-8-19-11-16(12-23(33)32(19)22)20-13-17(28)5-9-21(20)30-26(34)35/h3-7,9,11-13,22,30H,8,10H2,1-2H3,(H,29,36)(H,34,35)/t22-/m0/s1. The van der Waals surface area contributed by atoms with Crippen LogP contribution in [0.1, 0.15) is 29.8 Å². The quantitative estimate of drug-likeness (QED) is 0.288. The molecule has 3 N–H and O–H groups in total. The Kier molecular flexibility index (Phi) is 6.64. The maximum Gasteiger partial charge on any atom is 0.411 e. The van der Waals surface area contributed by atoms with Crippen molar-refractivity contribution in [1.29, 1.82) is 0 Å². The molecule has 4 aromatic rings. The van der Waals surface area contributed by atoms with E-state index in [0.29, 0.717) is 57.7 Å². The van der Waals surface area contributed by atoms with Crippen molar-refractivity contribution < 1.29 is 23.8 Å². The summed E-state index contributed by atoms with van der Waals surface area (Å²) in [4.78, 5) is 40.7. The number of carboxylic acid groups (broad SMARTS) is 1. The number of nitrogens with zero attached hydrogens (tertiary/aromatic N) is 2. The van der Waals surface area contributed by atoms with Gasteiger partial charge in [0, 0.05) is 33.6 Å². The van der Waals surface area contributed by atoms with E-state index in [9.17, 15) is 19.5 Å². The van der Waals surface area contributed by atoms with Gasteiger partial charge in [-0.1, -0.05) is 23.7 Å². The Labute approximate surface area is 221 Å². The molecule has 0 fully saturated rings. The van der Waals surface area contributed by atoms with Crippen molar-refractivity contribution in [3.8, 4) is 22.4 Å². The number of benzene rings is 2. The average molecular weight is 535 g/mol. The number of amides is 2. The van der Waals surface area contributed by atoms with Gasteiger partial charge < -0.3 is 18.8 Å². The molecule has 2 aromatic carbocycles. The van der Waals surface area contributed by atoms with Crippen molar-refractivity contribution in [2.45, 2.75) is 25.8 Å². The number of anilines is 2. The summed E-state index contributed by atoms with van der Waals surface area (Å²) >= 11 is 6.17. The molecule has 0 saturated heterocycles. The van der Waals surface area contributed by atoms with Gasteiger partial charge in [0.05, 0.1) is 12.8 Å². The number of oxazole rings is 1. The lowest BCUT2D eigenvalue weighted by atomic mass is 10.0. The first-order valence-corrected chi connectivity index (χ1v) is 12.1. The van der Waals surface area contributed by atoms with Crippen LogP contribution in [0.4, 0.5) is 21.0 Å². The van der Waals surface area contributed by atoms with Crippen LogP contribution in [0.2, 0.25) is 5.02 Å². The van der Waals surface area contributed by atoms with Crippen molar-refractivity contribution in [2.24, 2.45) is 0 Å². The zero-order valence-corrected chi connectivity index (χ0v) is 21.2. The topological polar surface area (TPSA) is 136 Å². The summed E-state index contributed by atoms with van der Waals surface area (Å²) in [6.45, 7) is 1.81. The van der Waals surface area contributed by atoms with Crippen molar-refractivity contribution >= 4 is 35.2 Å². The van der Waals surface area contributed by atoms with Gasteiger partial charge in [0.2, 0.25) is 5.89 Å². The van der Waals surface area contributed by atoms with Crippen LogP contribution in [0.25, 0.3) is 22.4 Å². The molecule has 2 aromatic heterocycles. The molecule has 2 amide bonds. The minimum atomic E-state index is -1.21. The molecule has 0 spiro atoms. The predicted molar refractivity (Wildman–Crippen MR) is 142 cm³/mol. The molecule has 0 bridgehead atoms. The highest BCUT2D eigenvalue weighted by Crippen LogP contribution is 2.36. The average Bonchev–Trinajstić information content (AvgIpc) is 3.49. The predicted octanol–water partition coefficient (Wildman–Crippen LogP) is 5.94. The molecule has 1 aliphatic rings. The smallest absolute Gasteiger partial charge is 0.411 e. The number of hydrogen-bond acceptors (Lipinski definition) is 6. The van der Waals surface area contributed by atoms with E-state index in [1.54, 1.807) is 34.9 Å². The number of carbonyl (C=O) groups excluding carboxylic acids is 1. The van der Waals surface area contributed by atoms with Gasteiger partial charge in [-0.3, -0.25) is 15.4 Å². The fraction of sp³-hybridized carbons (Fsp3) is 0.185. The molecular weight excluding hydrogens is 512 g/mol. The third kappa shape index (κ3) is 4.85. The third-order valence-electron chi connectivity index (χ3n) is 6.36. The van der Waals surface area contributed by atoms with Crippen molar-refractivity contribution in [2.75, 3.05) is 17.7 Å². The second-order valence-electron chi connectivity index (χ2n) is 8.77. The summed E-state index contributed by atoms with van der Waals surface area (Å²) < 4.78 is 12.3. The Morgan fingerprint density at radius 2 is 1.87 bits per heavy atom. The Hall–Kier alpha value is -4.57. The van der Waals surface area contributed by atoms with Gasteiger partial charge in [-0.2, -0.15) is 0 Å². The largest absolute Gasteiger partial charge is 0.465 e. The van der Waals surface area contributed by atoms with Crippen LogP contribution in [0.5, 0.6) is 0 Å². The molecular formula is C27H23ClN4O6. The first kappa shape index (κ1) is 25.1. The fourth-order valence-electron chi connectivity index (χ4n) is 4.67. The van der Waals surface area contributed by atoms with Gasteiger partial charge >= 0.3 is 12.2 Å². The van der Waals surface area contributed by atoms with E-state index in [2.05, 4.69) is 15.4 Å². The number of halogens is 1. The Morgan fingerprint density at radius 1 is 1.11 bits per heavy atom. The van der Waals surface area contributed by atoms with Crippen LogP contribution in [0.15, 0.2) is 63.8 Å². The molecule has 1 atom stereocenters. The number of aryl methyl sites for hydroxylation is 2. The van der Waals surface area contributed by atoms with E-state index in [4.69, 9.17) is 21.0 Å². The van der Waals surface area contributed by atoms with E-state index in [1.165, 1.54) is 13.2 Å². The van der Waals surface area contributed by atoms with Crippen molar-refractivity contribution in [3.63, 3.8) is 0 Å². The summed E-state index contributed by atoms with van der Waals surface area (Å²) in [5.74, 6) is 1.04. The van der Waals surface area contributed by atoms with Crippen LogP contribution >= 0.6 is 11.6 Å². The number of aromatic nitrogens is 2. The van der Waals surface area contributed by atoms with Gasteiger partial charge in [0.25, 0.3) is 5.56 Å². The van der Waals surface area contributed by atoms with Crippen LogP contribution in [-0.2, 0) is 11.2 Å². The van der Waals surface area contributed by atoms with E-state index in [0.717, 1.165) is 11.3 Å². The summed E-state index contributed by atoms with van der Waals surface area (Å²) in [7, 11) is 1.29. The maximum absolute atomic E-state index is 13.3. The monoisotopic (exact) mass is 534 g/mol. The van der Waals surface area contributed by atoms with Crippen molar-refractivity contribution in [1.82, 2.24) is 9.55 Å². The Bertz CT molecular complexity index is 1610. The molecule has 0 saturated carbocycles. The van der Waals surface area contributed by atoms with Crippen LogP contribution < -0.4 is 16.2 Å². The lowest BCUT2D eigenvalue weighted by molar-refractivity contribution is 0.187. The van der Waals surface area contributed by atoms with E-state index < -0.39 is 12.2 Å². The van der Waals surface area contributed by atoms with Gasteiger partial charge in [0.15, 0.2) is 0 Å². The molecule has 38 heavy (non-hydrogen) atoms. The van der Waals surface area contributed by atoms with E-state index >= 15 is 0 Å². The first-order chi connectivity index (χ1) is 18.2. The number of fused-ring (bicyclic) bond motifs is 1. The van der Waals surface area contributed by atoms with Gasteiger partial charge in [0.1, 0.15) is 17.5 Å². The van der Waals surface area contributed by atoms with Crippen molar-refractivity contribution in [3.05, 3.63) is 87.3 Å². The van der Waals surface area contributed by atoms with Crippen LogP contribution in [0.3, 0.4) is 0 Å². The van der Waals surface area contributed by atoms with Gasteiger partial charge in [-0.05, 0) is 61.7 Å². The number of nitrogens with one attached hydrogen (secondary N) is 2. The molecule has 0 radical (unpaired) electrons. The molecule has 3 heterocycles. The highest BCUT2D eigenvalue weighted by atomic mass is 35.5. The summed E-state index contributed by atoms with van der Waals surface area (Å²) in [6, 6.07) is 14.8. The first-order valence-electron chi connectivity index (χ1n) is 11.7. The number of pyridine rings is 1. The molecule has 11 heteroatoms. The second-order valence-corrected chi connectivity index (χ2v) is 9.21. The summed E-state index contributed by atoms with van der Waals surface area (Å²) in [6.07, 6.45) is -0.539. The molecule has 10 nitrogen and oxygen atoms in total. The maximum atomic E-state index is 13.3. The molecule has 0 aliphatic carbocycles. The molecule has 0 unspecified atom stereocenters. The van der Waals surface area contributed by atoms with Gasteiger partial charge in [-0.25, -0.2) is 14.6 Å². The van der Waals surface area contributed by atoms with Crippen LogP contribution in [-0.4, -0.2) is 34.0 Å². The highest BCUT2D eigenvalue weighted by Gasteiger charge is 2.30. The zero-order chi connectivity index (χ0) is 27.0. The summed E-state index contributed by atoms with van der Waals surface area (Å²) in [5, 5.41) is 14.6. The van der Waals surface area contributed by atoms with E-state index in [-0.39, 0.29) is 11.6 Å². The number of ether oxygens (including phenoxy) is 1. The third-order valence-corrected chi connectivity index (χ3v) is 6.59. The van der Waals surface area contributed by atoms with Gasteiger partial charge in [-0.15, -0.1) is 0 Å². The molecule has 1 aliphatic heterocycles. The van der Waals surface area contributed by atoms with E-state index in [1.807, 2.05) is 25.1 Å². The number of carbonyl (C=O) groups is 2. The number of methoxy groups -OCH3 is 1. The minimum Gasteiger partial charge on any atom is -0.465 e. The lowest BCUT2D eigenvalue weighted by Crippen LogP contribution is -2.23. The zero-order valence-electron chi connectivity index (χ0n) is 20.4. The highest BCUT2D eigenvalue weighted by molar-refractivity contribution is 6.31. The fourth-order valence-corrected chi connectivity index (χ4v) is 4.84. The normalized spacial score (nSPS) is 14.1.